The van der Waals surface area contributed by atoms with Crippen LogP contribution in [0.2, 0.25) is 0 Å². The number of rotatable bonds is 8. The van der Waals surface area contributed by atoms with Crippen molar-refractivity contribution in [2.24, 2.45) is 23.7 Å². The van der Waals surface area contributed by atoms with Crippen LogP contribution in [0.25, 0.3) is 10.2 Å². The minimum Gasteiger partial charge on any atom is -0.367 e. The summed E-state index contributed by atoms with van der Waals surface area (Å²) in [5.74, 6) is 1.35. The molecule has 0 spiro atoms. The van der Waals surface area contributed by atoms with E-state index in [-0.39, 0.29) is 42.2 Å². The molecule has 3 aliphatic rings. The molecule has 1 aliphatic heterocycles. The van der Waals surface area contributed by atoms with E-state index < -0.39 is 0 Å². The molecule has 29 heavy (non-hydrogen) atoms. The molecule has 2 bridgehead atoms. The summed E-state index contributed by atoms with van der Waals surface area (Å²) in [5, 5.41) is 3.28. The van der Waals surface area contributed by atoms with E-state index >= 15 is 0 Å². The van der Waals surface area contributed by atoms with Gasteiger partial charge in [-0.15, -0.1) is 11.3 Å². The second-order valence-corrected chi connectivity index (χ2v) is 10.5. The van der Waals surface area contributed by atoms with E-state index in [4.69, 9.17) is 4.98 Å². The molecular formula is C22H25N3O2S2. The van der Waals surface area contributed by atoms with Crippen molar-refractivity contribution < 1.29 is 9.59 Å². The van der Waals surface area contributed by atoms with Gasteiger partial charge in [0.1, 0.15) is 0 Å². The van der Waals surface area contributed by atoms with Crippen LogP contribution in [-0.2, 0) is 9.59 Å². The lowest BCUT2D eigenvalue weighted by molar-refractivity contribution is -0.140. The van der Waals surface area contributed by atoms with Crippen LogP contribution in [0, 0.1) is 23.7 Å². The highest BCUT2D eigenvalue weighted by Gasteiger charge is 2.59. The molecule has 2 heterocycles. The molecule has 0 unspecified atom stereocenters. The minimum atomic E-state index is -0.129. The number of thioether (sulfide) groups is 1. The number of benzene rings is 1. The number of nitrogens with zero attached hydrogens (tertiary/aromatic N) is 2. The Morgan fingerprint density at radius 2 is 1.93 bits per heavy atom. The molecule has 2 fully saturated rings. The number of thiazole rings is 1. The summed E-state index contributed by atoms with van der Waals surface area (Å²) in [6, 6.07) is 6.06. The summed E-state index contributed by atoms with van der Waals surface area (Å²) in [6.45, 7) is 2.46. The van der Waals surface area contributed by atoms with Gasteiger partial charge in [0.05, 0.1) is 28.7 Å². The number of unbranched alkanes of at least 4 members (excludes halogenated alkanes) is 2. The molecule has 1 saturated heterocycles. The zero-order valence-electron chi connectivity index (χ0n) is 16.5. The minimum absolute atomic E-state index is 0.00557. The molecule has 7 heteroatoms. The smallest absolute Gasteiger partial charge is 0.235 e. The number of nitrogens with one attached hydrogen (secondary N) is 1. The van der Waals surface area contributed by atoms with Crippen LogP contribution >= 0.6 is 23.1 Å². The second kappa shape index (κ2) is 7.76. The van der Waals surface area contributed by atoms with Crippen molar-refractivity contribution in [3.05, 3.63) is 30.4 Å². The van der Waals surface area contributed by atoms with E-state index in [1.165, 1.54) is 24.2 Å². The SMILES string of the molecule is CCCCCSc1nc2ccc(NCN3C(=O)[C@@H]4[C@H](C3=O)[C@H]3C=C[C@H]4C3)cc2s1. The number of carbonyl (C=O) groups is 2. The Balaban J connectivity index is 1.23. The highest BCUT2D eigenvalue weighted by molar-refractivity contribution is 8.01. The molecule has 5 nitrogen and oxygen atoms in total. The largest absolute Gasteiger partial charge is 0.367 e. The van der Waals surface area contributed by atoms with Crippen molar-refractivity contribution in [2.75, 3.05) is 17.7 Å². The van der Waals surface area contributed by atoms with Gasteiger partial charge in [0.2, 0.25) is 11.8 Å². The number of amides is 2. The first-order valence-corrected chi connectivity index (χ1v) is 12.3. The fourth-order valence-electron chi connectivity index (χ4n) is 4.88. The average Bonchev–Trinajstić information content (AvgIpc) is 3.47. The number of likely N-dealkylation sites (tertiary alicyclic amines) is 1. The van der Waals surface area contributed by atoms with Crippen molar-refractivity contribution in [1.82, 2.24) is 9.88 Å². The first kappa shape index (κ1) is 19.1. The Bertz CT molecular complexity index is 956. The first-order chi connectivity index (χ1) is 14.2. The number of fused-ring (bicyclic) bond motifs is 6. The number of hydrogen-bond donors (Lipinski definition) is 1. The molecule has 5 rings (SSSR count). The lowest BCUT2D eigenvalue weighted by Gasteiger charge is -2.18. The summed E-state index contributed by atoms with van der Waals surface area (Å²) >= 11 is 3.53. The average molecular weight is 428 g/mol. The van der Waals surface area contributed by atoms with Crippen LogP contribution in [-0.4, -0.2) is 34.1 Å². The van der Waals surface area contributed by atoms with Gasteiger partial charge in [-0.25, -0.2) is 4.98 Å². The molecule has 0 radical (unpaired) electrons. The third-order valence-electron chi connectivity index (χ3n) is 6.35. The van der Waals surface area contributed by atoms with Gasteiger partial charge in [-0.1, -0.05) is 43.7 Å². The Morgan fingerprint density at radius 3 is 2.66 bits per heavy atom. The van der Waals surface area contributed by atoms with Gasteiger partial charge >= 0.3 is 0 Å². The van der Waals surface area contributed by atoms with Crippen molar-refractivity contribution in [1.29, 1.82) is 0 Å². The predicted molar refractivity (Wildman–Crippen MR) is 118 cm³/mol. The number of allylic oxidation sites excluding steroid dienone is 2. The van der Waals surface area contributed by atoms with Crippen molar-refractivity contribution in [2.45, 2.75) is 36.9 Å². The van der Waals surface area contributed by atoms with Crippen molar-refractivity contribution in [3.8, 4) is 0 Å². The standard InChI is InChI=1S/C22H25N3O2S2/c1-2-3-4-9-28-22-24-16-8-7-15(11-17(16)29-22)23-12-25-20(26)18-13-5-6-14(10-13)19(18)21(25)27/h5-8,11,13-14,18-19,23H,2-4,9-10,12H2,1H3/t13-,14-,18-,19+/m0/s1. The number of hydrogen-bond acceptors (Lipinski definition) is 6. The van der Waals surface area contributed by atoms with Crippen LogP contribution < -0.4 is 5.32 Å². The molecular weight excluding hydrogens is 402 g/mol. The summed E-state index contributed by atoms with van der Waals surface area (Å²) in [6.07, 6.45) is 8.94. The number of carbonyl (C=O) groups excluding carboxylic acids is 2. The molecule has 4 atom stereocenters. The fourth-order valence-corrected chi connectivity index (χ4v) is 7.05. The number of aromatic nitrogens is 1. The summed E-state index contributed by atoms with van der Waals surface area (Å²) in [7, 11) is 0. The van der Waals surface area contributed by atoms with Crippen LogP contribution in [0.3, 0.4) is 0 Å². The van der Waals surface area contributed by atoms with E-state index in [0.29, 0.717) is 0 Å². The van der Waals surface area contributed by atoms with E-state index in [0.717, 1.165) is 32.4 Å². The van der Waals surface area contributed by atoms with Crippen molar-refractivity contribution in [3.63, 3.8) is 0 Å². The van der Waals surface area contributed by atoms with Gasteiger partial charge in [0, 0.05) is 11.4 Å². The topological polar surface area (TPSA) is 62.3 Å². The maximum atomic E-state index is 12.8. The van der Waals surface area contributed by atoms with E-state index in [9.17, 15) is 9.59 Å². The number of anilines is 1. The van der Waals surface area contributed by atoms with Crippen LogP contribution in [0.15, 0.2) is 34.7 Å². The Kier molecular flexibility index (Phi) is 5.12. The molecule has 1 aromatic heterocycles. The normalized spacial score (nSPS) is 27.4. The van der Waals surface area contributed by atoms with Gasteiger partial charge in [0.25, 0.3) is 0 Å². The highest BCUT2D eigenvalue weighted by Crippen LogP contribution is 2.52. The molecule has 1 saturated carbocycles. The first-order valence-electron chi connectivity index (χ1n) is 10.5. The van der Waals surface area contributed by atoms with Crippen LogP contribution in [0.1, 0.15) is 32.6 Å². The van der Waals surface area contributed by atoms with Gasteiger partial charge in [-0.05, 0) is 42.9 Å². The zero-order valence-corrected chi connectivity index (χ0v) is 18.1. The lowest BCUT2D eigenvalue weighted by Crippen LogP contribution is -2.37. The van der Waals surface area contributed by atoms with Gasteiger partial charge in [-0.3, -0.25) is 14.5 Å². The van der Waals surface area contributed by atoms with E-state index in [1.807, 2.05) is 23.9 Å². The van der Waals surface area contributed by atoms with E-state index in [2.05, 4.69) is 30.5 Å². The lowest BCUT2D eigenvalue weighted by atomic mass is 9.85. The Hall–Kier alpha value is -1.86. The fraction of sp³-hybridized carbons (Fsp3) is 0.500. The van der Waals surface area contributed by atoms with Gasteiger partial charge in [-0.2, -0.15) is 0 Å². The Morgan fingerprint density at radius 1 is 1.17 bits per heavy atom. The van der Waals surface area contributed by atoms with Crippen LogP contribution in [0.5, 0.6) is 0 Å². The molecule has 1 aromatic carbocycles. The summed E-state index contributed by atoms with van der Waals surface area (Å²) < 4.78 is 2.24. The Labute approximate surface area is 178 Å². The van der Waals surface area contributed by atoms with Gasteiger partial charge < -0.3 is 5.32 Å². The molecule has 2 aliphatic carbocycles. The molecule has 1 N–H and O–H groups in total. The summed E-state index contributed by atoms with van der Waals surface area (Å²) in [4.78, 5) is 31.7. The third kappa shape index (κ3) is 3.38. The van der Waals surface area contributed by atoms with Gasteiger partial charge in [0.15, 0.2) is 4.34 Å². The van der Waals surface area contributed by atoms with Crippen LogP contribution in [0.4, 0.5) is 5.69 Å². The second-order valence-electron chi connectivity index (χ2n) is 8.16. The molecule has 2 amide bonds. The van der Waals surface area contributed by atoms with Crippen molar-refractivity contribution >= 4 is 50.8 Å². The van der Waals surface area contributed by atoms with E-state index in [1.54, 1.807) is 11.3 Å². The maximum Gasteiger partial charge on any atom is 0.235 e. The number of imide groups is 1. The monoisotopic (exact) mass is 427 g/mol. The zero-order chi connectivity index (χ0) is 20.0. The highest BCUT2D eigenvalue weighted by atomic mass is 32.2. The quantitative estimate of drug-likeness (QED) is 0.285. The molecule has 152 valence electrons. The predicted octanol–water partition coefficient (Wildman–Crippen LogP) is 4.76. The molecule has 2 aromatic rings. The maximum absolute atomic E-state index is 12.8. The summed E-state index contributed by atoms with van der Waals surface area (Å²) in [5.41, 5.74) is 1.92. The third-order valence-corrected chi connectivity index (χ3v) is 8.59.